The number of rotatable bonds is 5. The van der Waals surface area contributed by atoms with Crippen molar-refractivity contribution in [1.29, 1.82) is 0 Å². The Morgan fingerprint density at radius 1 is 1.32 bits per heavy atom. The van der Waals surface area contributed by atoms with Crippen LogP contribution in [0.1, 0.15) is 44.1 Å². The first kappa shape index (κ1) is 16.1. The van der Waals surface area contributed by atoms with Crippen molar-refractivity contribution in [1.82, 2.24) is 0 Å². The van der Waals surface area contributed by atoms with E-state index in [1.807, 2.05) is 0 Å². The van der Waals surface area contributed by atoms with Gasteiger partial charge in [-0.05, 0) is 23.5 Å². The van der Waals surface area contributed by atoms with E-state index in [2.05, 4.69) is 52.0 Å². The number of aliphatic carboxylic acids is 1. The Morgan fingerprint density at radius 2 is 1.84 bits per heavy atom. The molecule has 0 aliphatic heterocycles. The topological polar surface area (TPSA) is 63.3 Å². The Morgan fingerprint density at radius 3 is 2.26 bits per heavy atom. The molecule has 3 N–H and O–H groups in total. The highest BCUT2D eigenvalue weighted by Crippen LogP contribution is 2.30. The van der Waals surface area contributed by atoms with Gasteiger partial charge in [-0.25, -0.2) is 0 Å². The minimum absolute atomic E-state index is 0.153. The number of benzene rings is 1. The average Bonchev–Trinajstić information content (AvgIpc) is 2.34. The first-order chi connectivity index (χ1) is 8.71. The van der Waals surface area contributed by atoms with E-state index in [-0.39, 0.29) is 10.7 Å². The first-order valence-corrected chi connectivity index (χ1v) is 7.47. The molecule has 106 valence electrons. The van der Waals surface area contributed by atoms with Gasteiger partial charge in [0.05, 0.1) is 0 Å². The van der Waals surface area contributed by atoms with Crippen LogP contribution < -0.4 is 5.73 Å². The molecule has 19 heavy (non-hydrogen) atoms. The predicted molar refractivity (Wildman–Crippen MR) is 81.6 cm³/mol. The fraction of sp³-hybridized carbons (Fsp3) is 0.533. The third-order valence-corrected chi connectivity index (χ3v) is 4.41. The molecule has 0 fully saturated rings. The van der Waals surface area contributed by atoms with Crippen LogP contribution in [0.25, 0.3) is 0 Å². The van der Waals surface area contributed by atoms with E-state index >= 15 is 0 Å². The largest absolute Gasteiger partial charge is 0.480 e. The van der Waals surface area contributed by atoms with Gasteiger partial charge in [-0.3, -0.25) is 4.79 Å². The van der Waals surface area contributed by atoms with E-state index in [0.29, 0.717) is 5.75 Å². The second kappa shape index (κ2) is 6.44. The van der Waals surface area contributed by atoms with E-state index in [1.165, 1.54) is 11.1 Å². The van der Waals surface area contributed by atoms with Crippen molar-refractivity contribution in [2.24, 2.45) is 5.73 Å². The fourth-order valence-corrected chi connectivity index (χ4v) is 2.66. The Labute approximate surface area is 119 Å². The summed E-state index contributed by atoms with van der Waals surface area (Å²) in [4.78, 5) is 10.7. The number of nitrogens with two attached hydrogens (primary N) is 1. The molecule has 0 heterocycles. The van der Waals surface area contributed by atoms with Gasteiger partial charge in [0, 0.05) is 11.0 Å². The van der Waals surface area contributed by atoms with Gasteiger partial charge in [-0.2, -0.15) is 11.8 Å². The lowest BCUT2D eigenvalue weighted by Gasteiger charge is -2.20. The van der Waals surface area contributed by atoms with Gasteiger partial charge >= 0.3 is 5.97 Å². The molecule has 0 bridgehead atoms. The number of carboxylic acids is 1. The Balaban J connectivity index is 2.63. The number of thioether (sulfide) groups is 1. The molecule has 2 atom stereocenters. The fourth-order valence-electron chi connectivity index (χ4n) is 1.67. The van der Waals surface area contributed by atoms with Crippen molar-refractivity contribution >= 4 is 17.7 Å². The molecule has 4 heteroatoms. The summed E-state index contributed by atoms with van der Waals surface area (Å²) in [6, 6.07) is 7.73. The summed E-state index contributed by atoms with van der Waals surface area (Å²) in [5.74, 6) is -0.514. The lowest BCUT2D eigenvalue weighted by Crippen LogP contribution is -2.32. The third-order valence-electron chi connectivity index (χ3n) is 3.09. The van der Waals surface area contributed by atoms with Gasteiger partial charge in [0.15, 0.2) is 0 Å². The molecule has 0 saturated heterocycles. The lowest BCUT2D eigenvalue weighted by molar-refractivity contribution is -0.137. The molecule has 0 aliphatic carbocycles. The zero-order chi connectivity index (χ0) is 14.6. The van der Waals surface area contributed by atoms with E-state index in [0.717, 1.165) is 0 Å². The van der Waals surface area contributed by atoms with Crippen molar-refractivity contribution in [3.05, 3.63) is 35.4 Å². The number of carbonyl (C=O) groups is 1. The molecule has 0 spiro atoms. The normalized spacial score (nSPS) is 15.0. The van der Waals surface area contributed by atoms with Crippen LogP contribution in [0.3, 0.4) is 0 Å². The van der Waals surface area contributed by atoms with Crippen LogP contribution >= 0.6 is 11.8 Å². The van der Waals surface area contributed by atoms with Crippen LogP contribution in [-0.4, -0.2) is 22.9 Å². The molecular weight excluding hydrogens is 258 g/mol. The van der Waals surface area contributed by atoms with Crippen LogP contribution in [0.5, 0.6) is 0 Å². The van der Waals surface area contributed by atoms with Gasteiger partial charge in [-0.15, -0.1) is 0 Å². The molecule has 1 unspecified atom stereocenters. The summed E-state index contributed by atoms with van der Waals surface area (Å²) in [6.45, 7) is 8.63. The molecule has 0 radical (unpaired) electrons. The summed E-state index contributed by atoms with van der Waals surface area (Å²) in [5.41, 5.74) is 8.16. The SMILES string of the molecule is CC(SC[C@H](N)C(=O)O)c1ccc(C(C)(C)C)cc1. The van der Waals surface area contributed by atoms with Crippen molar-refractivity contribution < 1.29 is 9.90 Å². The molecule has 0 aromatic heterocycles. The minimum atomic E-state index is -0.942. The van der Waals surface area contributed by atoms with Crippen molar-refractivity contribution in [3.8, 4) is 0 Å². The van der Waals surface area contributed by atoms with E-state index < -0.39 is 12.0 Å². The second-order valence-electron chi connectivity index (χ2n) is 5.79. The Bertz CT molecular complexity index is 423. The molecule has 0 saturated carbocycles. The quantitative estimate of drug-likeness (QED) is 0.870. The van der Waals surface area contributed by atoms with E-state index in [4.69, 9.17) is 10.8 Å². The molecule has 1 rings (SSSR count). The van der Waals surface area contributed by atoms with Gasteiger partial charge in [0.25, 0.3) is 0 Å². The number of carboxylic acid groups (broad SMARTS) is 1. The smallest absolute Gasteiger partial charge is 0.321 e. The lowest BCUT2D eigenvalue weighted by atomic mass is 9.86. The summed E-state index contributed by atoms with van der Waals surface area (Å²) in [7, 11) is 0. The van der Waals surface area contributed by atoms with Crippen LogP contribution in [0.15, 0.2) is 24.3 Å². The standard InChI is InChI=1S/C15H23NO2S/c1-10(19-9-13(16)14(17)18)11-5-7-12(8-6-11)15(2,3)4/h5-8,10,13H,9,16H2,1-4H3,(H,17,18)/t10?,13-/m0/s1. The minimum Gasteiger partial charge on any atom is -0.480 e. The van der Waals surface area contributed by atoms with Gasteiger partial charge < -0.3 is 10.8 Å². The zero-order valence-electron chi connectivity index (χ0n) is 12.0. The summed E-state index contributed by atoms with van der Waals surface area (Å²) in [6.07, 6.45) is 0. The maximum atomic E-state index is 10.7. The van der Waals surface area contributed by atoms with Crippen LogP contribution in [0.2, 0.25) is 0 Å². The number of hydrogen-bond acceptors (Lipinski definition) is 3. The molecule has 1 aromatic carbocycles. The van der Waals surface area contributed by atoms with Crippen molar-refractivity contribution in [3.63, 3.8) is 0 Å². The maximum absolute atomic E-state index is 10.7. The highest BCUT2D eigenvalue weighted by atomic mass is 32.2. The first-order valence-electron chi connectivity index (χ1n) is 6.42. The Hall–Kier alpha value is -1.00. The molecule has 0 amide bonds. The maximum Gasteiger partial charge on any atom is 0.321 e. The average molecular weight is 281 g/mol. The van der Waals surface area contributed by atoms with Gasteiger partial charge in [0.1, 0.15) is 6.04 Å². The predicted octanol–water partition coefficient (Wildman–Crippen LogP) is 3.19. The molecule has 0 aliphatic rings. The van der Waals surface area contributed by atoms with Crippen LogP contribution in [0.4, 0.5) is 0 Å². The second-order valence-corrected chi connectivity index (χ2v) is 7.17. The highest BCUT2D eigenvalue weighted by Gasteiger charge is 2.16. The van der Waals surface area contributed by atoms with Crippen molar-refractivity contribution in [2.45, 2.75) is 44.4 Å². The van der Waals surface area contributed by atoms with Gasteiger partial charge in [0.2, 0.25) is 0 Å². The van der Waals surface area contributed by atoms with Crippen molar-refractivity contribution in [2.75, 3.05) is 5.75 Å². The third kappa shape index (κ3) is 4.88. The molecular formula is C15H23NO2S. The summed E-state index contributed by atoms with van der Waals surface area (Å²) < 4.78 is 0. The molecule has 1 aromatic rings. The van der Waals surface area contributed by atoms with Crippen LogP contribution in [0, 0.1) is 0 Å². The van der Waals surface area contributed by atoms with E-state index in [9.17, 15) is 4.79 Å². The summed E-state index contributed by atoms with van der Waals surface area (Å²) in [5, 5.41) is 9.00. The number of hydrogen-bond donors (Lipinski definition) is 2. The van der Waals surface area contributed by atoms with Crippen LogP contribution in [-0.2, 0) is 10.2 Å². The summed E-state index contributed by atoms with van der Waals surface area (Å²) >= 11 is 1.57. The highest BCUT2D eigenvalue weighted by molar-refractivity contribution is 7.99. The monoisotopic (exact) mass is 281 g/mol. The Kier molecular flexibility index (Phi) is 5.44. The van der Waals surface area contributed by atoms with Gasteiger partial charge in [-0.1, -0.05) is 45.0 Å². The van der Waals surface area contributed by atoms with E-state index in [1.54, 1.807) is 11.8 Å². The molecule has 3 nitrogen and oxygen atoms in total. The zero-order valence-corrected chi connectivity index (χ0v) is 12.8.